The molecule has 1 rings (SSSR count). The van der Waals surface area contributed by atoms with Crippen molar-refractivity contribution in [3.8, 4) is 0 Å². The lowest BCUT2D eigenvalue weighted by atomic mass is 9.85. The van der Waals surface area contributed by atoms with Gasteiger partial charge in [-0.2, -0.15) is 13.2 Å². The van der Waals surface area contributed by atoms with E-state index in [1.54, 1.807) is 7.11 Å². The summed E-state index contributed by atoms with van der Waals surface area (Å²) < 4.78 is 46.5. The van der Waals surface area contributed by atoms with Crippen LogP contribution in [0, 0.1) is 0 Å². The molecule has 3 nitrogen and oxygen atoms in total. The fourth-order valence-electron chi connectivity index (χ4n) is 2.21. The monoisotopic (exact) mass is 269 g/mol. The molecule has 1 aliphatic rings. The Balaban J connectivity index is 2.06. The number of hydrogen-bond donors (Lipinski definition) is 1. The van der Waals surface area contributed by atoms with Crippen LogP contribution in [0.15, 0.2) is 0 Å². The number of unbranched alkanes of at least 4 members (excludes halogenated alkanes) is 1. The molecule has 1 saturated carbocycles. The van der Waals surface area contributed by atoms with E-state index in [2.05, 4.69) is 5.32 Å². The number of hydrogen-bond acceptors (Lipinski definition) is 3. The second-order valence-corrected chi connectivity index (χ2v) is 4.56. The fourth-order valence-corrected chi connectivity index (χ4v) is 2.21. The molecule has 0 saturated heterocycles. The zero-order chi connectivity index (χ0) is 13.6. The largest absolute Gasteiger partial charge is 0.389 e. The molecule has 0 aromatic rings. The van der Waals surface area contributed by atoms with Crippen LogP contribution >= 0.6 is 0 Å². The highest BCUT2D eigenvalue weighted by atomic mass is 19.4. The average molecular weight is 269 g/mol. The van der Waals surface area contributed by atoms with Crippen molar-refractivity contribution in [1.29, 1.82) is 0 Å². The lowest BCUT2D eigenvalue weighted by molar-refractivity contribution is -0.136. The van der Waals surface area contributed by atoms with Crippen LogP contribution in [0.1, 0.15) is 32.6 Å². The van der Waals surface area contributed by atoms with Gasteiger partial charge >= 0.3 is 6.18 Å². The number of alkyl halides is 3. The molecule has 0 aromatic heterocycles. The van der Waals surface area contributed by atoms with Gasteiger partial charge in [-0.3, -0.25) is 0 Å². The molecule has 0 bridgehead atoms. The number of ether oxygens (including phenoxy) is 2. The van der Waals surface area contributed by atoms with E-state index >= 15 is 0 Å². The van der Waals surface area contributed by atoms with Crippen LogP contribution in [-0.2, 0) is 9.47 Å². The van der Waals surface area contributed by atoms with Gasteiger partial charge in [0.2, 0.25) is 0 Å². The van der Waals surface area contributed by atoms with Crippen LogP contribution in [0.25, 0.3) is 0 Å². The molecule has 0 aliphatic heterocycles. The van der Waals surface area contributed by atoms with Gasteiger partial charge < -0.3 is 14.8 Å². The van der Waals surface area contributed by atoms with Crippen molar-refractivity contribution in [3.05, 3.63) is 0 Å². The van der Waals surface area contributed by atoms with E-state index < -0.39 is 12.6 Å². The van der Waals surface area contributed by atoms with Crippen LogP contribution < -0.4 is 5.32 Å². The molecule has 0 heterocycles. The Morgan fingerprint density at radius 1 is 1.28 bits per heavy atom. The second-order valence-electron chi connectivity index (χ2n) is 4.56. The van der Waals surface area contributed by atoms with Crippen molar-refractivity contribution in [2.24, 2.45) is 0 Å². The third-order valence-corrected chi connectivity index (χ3v) is 3.20. The minimum atomic E-state index is -4.04. The maximum atomic E-state index is 11.9. The zero-order valence-electron chi connectivity index (χ0n) is 10.9. The number of nitrogens with one attached hydrogen (secondary N) is 1. The fraction of sp³-hybridized carbons (Fsp3) is 1.00. The van der Waals surface area contributed by atoms with Gasteiger partial charge in [0.1, 0.15) is 0 Å². The van der Waals surface area contributed by atoms with Crippen molar-refractivity contribution >= 4 is 0 Å². The maximum absolute atomic E-state index is 11.9. The Morgan fingerprint density at radius 2 is 2.00 bits per heavy atom. The second kappa shape index (κ2) is 7.31. The highest BCUT2D eigenvalue weighted by Crippen LogP contribution is 2.27. The summed E-state index contributed by atoms with van der Waals surface area (Å²) in [4.78, 5) is 0. The van der Waals surface area contributed by atoms with Crippen LogP contribution in [0.3, 0.4) is 0 Å². The molecular weight excluding hydrogens is 247 g/mol. The smallest absolute Gasteiger partial charge is 0.377 e. The SMILES string of the molecule is CCOC1CC(NCCCCC(F)(F)F)C1OC. The van der Waals surface area contributed by atoms with Crippen molar-refractivity contribution in [2.45, 2.75) is 57.0 Å². The van der Waals surface area contributed by atoms with Crippen LogP contribution in [0.5, 0.6) is 0 Å². The standard InChI is InChI=1S/C12H22F3NO2/c1-3-18-10-8-9(11(10)17-2)16-7-5-4-6-12(13,14)15/h9-11,16H,3-8H2,1-2H3. The Bertz CT molecular complexity index is 236. The zero-order valence-corrected chi connectivity index (χ0v) is 10.9. The molecule has 18 heavy (non-hydrogen) atoms. The maximum Gasteiger partial charge on any atom is 0.389 e. The van der Waals surface area contributed by atoms with Crippen molar-refractivity contribution in [1.82, 2.24) is 5.32 Å². The first-order chi connectivity index (χ1) is 8.48. The summed E-state index contributed by atoms with van der Waals surface area (Å²) in [5.41, 5.74) is 0. The molecule has 3 unspecified atom stereocenters. The van der Waals surface area contributed by atoms with E-state index in [1.165, 1.54) is 0 Å². The average Bonchev–Trinajstić information content (AvgIpc) is 2.24. The Hall–Kier alpha value is -0.330. The molecule has 1 fully saturated rings. The molecule has 1 N–H and O–H groups in total. The van der Waals surface area contributed by atoms with Crippen LogP contribution in [0.2, 0.25) is 0 Å². The summed E-state index contributed by atoms with van der Waals surface area (Å²) in [7, 11) is 1.63. The summed E-state index contributed by atoms with van der Waals surface area (Å²) in [6.45, 7) is 3.19. The molecule has 108 valence electrons. The molecule has 0 aromatic carbocycles. The van der Waals surface area contributed by atoms with Gasteiger partial charge in [-0.25, -0.2) is 0 Å². The van der Waals surface area contributed by atoms with E-state index in [9.17, 15) is 13.2 Å². The summed E-state index contributed by atoms with van der Waals surface area (Å²) in [6.07, 6.45) is -3.02. The number of rotatable bonds is 8. The van der Waals surface area contributed by atoms with Crippen molar-refractivity contribution < 1.29 is 22.6 Å². The first-order valence-electron chi connectivity index (χ1n) is 6.42. The summed E-state index contributed by atoms with van der Waals surface area (Å²) in [6, 6.07) is 0.206. The molecule has 3 atom stereocenters. The van der Waals surface area contributed by atoms with Gasteiger partial charge in [0, 0.05) is 26.2 Å². The summed E-state index contributed by atoms with van der Waals surface area (Å²) in [5.74, 6) is 0. The van der Waals surface area contributed by atoms with E-state index in [4.69, 9.17) is 9.47 Å². The minimum absolute atomic E-state index is 0.0209. The summed E-state index contributed by atoms with van der Waals surface area (Å²) >= 11 is 0. The third kappa shape index (κ3) is 5.12. The molecule has 0 spiro atoms. The first kappa shape index (κ1) is 15.7. The van der Waals surface area contributed by atoms with Crippen molar-refractivity contribution in [3.63, 3.8) is 0 Å². The quantitative estimate of drug-likeness (QED) is 0.687. The molecule has 0 amide bonds. The van der Waals surface area contributed by atoms with Gasteiger partial charge in [0.15, 0.2) is 0 Å². The summed E-state index contributed by atoms with van der Waals surface area (Å²) in [5, 5.41) is 3.22. The first-order valence-corrected chi connectivity index (χ1v) is 6.42. The van der Waals surface area contributed by atoms with E-state index in [1.807, 2.05) is 6.92 Å². The van der Waals surface area contributed by atoms with E-state index in [0.717, 1.165) is 6.42 Å². The topological polar surface area (TPSA) is 30.5 Å². The van der Waals surface area contributed by atoms with E-state index in [0.29, 0.717) is 19.6 Å². The normalized spacial score (nSPS) is 28.2. The minimum Gasteiger partial charge on any atom is -0.377 e. The Labute approximate surface area is 106 Å². The van der Waals surface area contributed by atoms with Crippen LogP contribution in [-0.4, -0.2) is 44.7 Å². The molecule has 6 heteroatoms. The van der Waals surface area contributed by atoms with Crippen LogP contribution in [0.4, 0.5) is 13.2 Å². The molecule has 0 radical (unpaired) electrons. The third-order valence-electron chi connectivity index (χ3n) is 3.20. The Morgan fingerprint density at radius 3 is 2.56 bits per heavy atom. The molecule has 1 aliphatic carbocycles. The van der Waals surface area contributed by atoms with Gasteiger partial charge in [-0.1, -0.05) is 0 Å². The predicted octanol–water partition coefficient (Wildman–Crippen LogP) is 2.50. The van der Waals surface area contributed by atoms with Gasteiger partial charge in [0.05, 0.1) is 12.2 Å². The van der Waals surface area contributed by atoms with Crippen molar-refractivity contribution in [2.75, 3.05) is 20.3 Å². The van der Waals surface area contributed by atoms with Gasteiger partial charge in [-0.05, 0) is 32.7 Å². The Kier molecular flexibility index (Phi) is 6.38. The predicted molar refractivity (Wildman–Crippen MR) is 62.5 cm³/mol. The highest BCUT2D eigenvalue weighted by Gasteiger charge is 2.41. The highest BCUT2D eigenvalue weighted by molar-refractivity contribution is 4.96. The molecular formula is C12H22F3NO2. The van der Waals surface area contributed by atoms with E-state index in [-0.39, 0.29) is 24.7 Å². The van der Waals surface area contributed by atoms with Gasteiger partial charge in [-0.15, -0.1) is 0 Å². The van der Waals surface area contributed by atoms with Gasteiger partial charge in [0.25, 0.3) is 0 Å². The number of halogens is 3. The number of methoxy groups -OCH3 is 1. The lowest BCUT2D eigenvalue weighted by Gasteiger charge is -2.43. The lowest BCUT2D eigenvalue weighted by Crippen LogP contribution is -2.59.